The van der Waals surface area contributed by atoms with Crippen LogP contribution in [0.25, 0.3) is 0 Å². The SMILES string of the molecule is Cc1cc(F)ccc1C1C(CN2CCC(C)CC2)CCN1C(=O)O. The molecule has 2 aliphatic heterocycles. The monoisotopic (exact) mass is 334 g/mol. The molecule has 1 aromatic rings. The van der Waals surface area contributed by atoms with E-state index in [1.165, 1.54) is 29.9 Å². The zero-order chi connectivity index (χ0) is 17.3. The van der Waals surface area contributed by atoms with Gasteiger partial charge in [0.2, 0.25) is 0 Å². The predicted molar refractivity (Wildman–Crippen MR) is 91.6 cm³/mol. The molecular weight excluding hydrogens is 307 g/mol. The number of amides is 1. The van der Waals surface area contributed by atoms with Gasteiger partial charge in [0.25, 0.3) is 0 Å². The number of carboxylic acid groups (broad SMARTS) is 1. The number of nitrogens with zero attached hydrogens (tertiary/aromatic N) is 2. The van der Waals surface area contributed by atoms with Crippen LogP contribution in [0.5, 0.6) is 0 Å². The number of aryl methyl sites for hydroxylation is 1. The third kappa shape index (κ3) is 3.56. The molecule has 0 aromatic heterocycles. The lowest BCUT2D eigenvalue weighted by Gasteiger charge is -2.35. The molecule has 0 radical (unpaired) electrons. The van der Waals surface area contributed by atoms with Gasteiger partial charge in [-0.3, -0.25) is 0 Å². The van der Waals surface area contributed by atoms with E-state index in [2.05, 4.69) is 11.8 Å². The maximum absolute atomic E-state index is 13.5. The first-order valence-electron chi connectivity index (χ1n) is 8.93. The second-order valence-corrected chi connectivity index (χ2v) is 7.45. The number of benzene rings is 1. The van der Waals surface area contributed by atoms with Gasteiger partial charge in [0.1, 0.15) is 5.82 Å². The summed E-state index contributed by atoms with van der Waals surface area (Å²) in [5.41, 5.74) is 1.79. The molecule has 1 amide bonds. The molecule has 1 aromatic carbocycles. The minimum absolute atomic E-state index is 0.164. The van der Waals surface area contributed by atoms with Crippen LogP contribution in [0, 0.1) is 24.6 Å². The Bertz CT molecular complexity index is 599. The van der Waals surface area contributed by atoms with E-state index in [9.17, 15) is 14.3 Å². The summed E-state index contributed by atoms with van der Waals surface area (Å²) in [5.74, 6) is 0.798. The highest BCUT2D eigenvalue weighted by molar-refractivity contribution is 5.66. The molecule has 2 atom stereocenters. The third-order valence-corrected chi connectivity index (χ3v) is 5.69. The van der Waals surface area contributed by atoms with E-state index in [-0.39, 0.29) is 17.8 Å². The minimum atomic E-state index is -0.876. The molecule has 2 aliphatic rings. The van der Waals surface area contributed by atoms with Gasteiger partial charge in [-0.25, -0.2) is 9.18 Å². The molecule has 4 nitrogen and oxygen atoms in total. The molecule has 0 spiro atoms. The van der Waals surface area contributed by atoms with Gasteiger partial charge in [-0.2, -0.15) is 0 Å². The summed E-state index contributed by atoms with van der Waals surface area (Å²) in [6.07, 6.45) is 2.43. The first-order valence-corrected chi connectivity index (χ1v) is 8.93. The van der Waals surface area contributed by atoms with Crippen molar-refractivity contribution in [3.63, 3.8) is 0 Å². The topological polar surface area (TPSA) is 43.8 Å². The average Bonchev–Trinajstić information content (AvgIpc) is 2.93. The summed E-state index contributed by atoms with van der Waals surface area (Å²) in [4.78, 5) is 15.7. The summed E-state index contributed by atoms with van der Waals surface area (Å²) in [5, 5.41) is 9.59. The van der Waals surface area contributed by atoms with Crippen molar-refractivity contribution in [2.75, 3.05) is 26.2 Å². The van der Waals surface area contributed by atoms with E-state index >= 15 is 0 Å². The Balaban J connectivity index is 1.81. The molecular formula is C19H27FN2O2. The van der Waals surface area contributed by atoms with Crippen LogP contribution in [0.15, 0.2) is 18.2 Å². The van der Waals surface area contributed by atoms with E-state index in [0.29, 0.717) is 6.54 Å². The Labute approximate surface area is 143 Å². The molecule has 0 saturated carbocycles. The highest BCUT2D eigenvalue weighted by Crippen LogP contribution is 2.39. The third-order valence-electron chi connectivity index (χ3n) is 5.69. The van der Waals surface area contributed by atoms with Crippen LogP contribution in [0.2, 0.25) is 0 Å². The van der Waals surface area contributed by atoms with Crippen LogP contribution < -0.4 is 0 Å². The molecule has 2 unspecified atom stereocenters. The average molecular weight is 334 g/mol. The van der Waals surface area contributed by atoms with Gasteiger partial charge in [0.05, 0.1) is 6.04 Å². The second-order valence-electron chi connectivity index (χ2n) is 7.45. The number of rotatable bonds is 3. The van der Waals surface area contributed by atoms with Crippen molar-refractivity contribution in [2.24, 2.45) is 11.8 Å². The van der Waals surface area contributed by atoms with Crippen molar-refractivity contribution in [3.8, 4) is 0 Å². The Kier molecular flexibility index (Phi) is 5.09. The molecule has 2 fully saturated rings. The number of likely N-dealkylation sites (tertiary alicyclic amines) is 2. The zero-order valence-electron chi connectivity index (χ0n) is 14.5. The summed E-state index contributed by atoms with van der Waals surface area (Å²) in [6, 6.07) is 4.55. The molecule has 3 rings (SSSR count). The highest BCUT2D eigenvalue weighted by Gasteiger charge is 2.39. The molecule has 0 bridgehead atoms. The summed E-state index contributed by atoms with van der Waals surface area (Å²) in [6.45, 7) is 7.85. The lowest BCUT2D eigenvalue weighted by atomic mass is 9.89. The van der Waals surface area contributed by atoms with Crippen LogP contribution >= 0.6 is 0 Å². The zero-order valence-corrected chi connectivity index (χ0v) is 14.5. The first kappa shape index (κ1) is 17.2. The van der Waals surface area contributed by atoms with Gasteiger partial charge in [-0.05, 0) is 74.4 Å². The van der Waals surface area contributed by atoms with Crippen LogP contribution in [0.1, 0.15) is 43.4 Å². The second kappa shape index (κ2) is 7.09. The fraction of sp³-hybridized carbons (Fsp3) is 0.632. The summed E-state index contributed by atoms with van der Waals surface area (Å²) >= 11 is 0. The van der Waals surface area contributed by atoms with Gasteiger partial charge in [0.15, 0.2) is 0 Å². The minimum Gasteiger partial charge on any atom is -0.465 e. The highest BCUT2D eigenvalue weighted by atomic mass is 19.1. The molecule has 132 valence electrons. The van der Waals surface area contributed by atoms with Crippen LogP contribution in [-0.4, -0.2) is 47.2 Å². The van der Waals surface area contributed by atoms with Gasteiger partial charge in [0, 0.05) is 13.1 Å². The van der Waals surface area contributed by atoms with E-state index in [1.807, 2.05) is 6.92 Å². The molecule has 1 N–H and O–H groups in total. The van der Waals surface area contributed by atoms with Crippen LogP contribution in [0.3, 0.4) is 0 Å². The van der Waals surface area contributed by atoms with Gasteiger partial charge in [-0.1, -0.05) is 13.0 Å². The summed E-state index contributed by atoms with van der Waals surface area (Å²) in [7, 11) is 0. The van der Waals surface area contributed by atoms with Crippen molar-refractivity contribution in [2.45, 2.75) is 39.2 Å². The number of hydrogen-bond donors (Lipinski definition) is 1. The van der Waals surface area contributed by atoms with Crippen molar-refractivity contribution < 1.29 is 14.3 Å². The van der Waals surface area contributed by atoms with Crippen molar-refractivity contribution in [1.82, 2.24) is 9.80 Å². The number of piperidine rings is 1. The quantitative estimate of drug-likeness (QED) is 0.911. The van der Waals surface area contributed by atoms with E-state index in [1.54, 1.807) is 6.07 Å². The Morgan fingerprint density at radius 3 is 2.58 bits per heavy atom. The normalized spacial score (nSPS) is 26.0. The first-order chi connectivity index (χ1) is 11.5. The van der Waals surface area contributed by atoms with E-state index in [4.69, 9.17) is 0 Å². The molecule has 2 heterocycles. The maximum Gasteiger partial charge on any atom is 0.407 e. The van der Waals surface area contributed by atoms with Crippen molar-refractivity contribution in [1.29, 1.82) is 0 Å². The molecule has 24 heavy (non-hydrogen) atoms. The molecule has 5 heteroatoms. The van der Waals surface area contributed by atoms with E-state index in [0.717, 1.165) is 43.1 Å². The largest absolute Gasteiger partial charge is 0.465 e. The Hall–Kier alpha value is -1.62. The number of halogens is 1. The van der Waals surface area contributed by atoms with E-state index < -0.39 is 6.09 Å². The van der Waals surface area contributed by atoms with Crippen molar-refractivity contribution >= 4 is 6.09 Å². The fourth-order valence-corrected chi connectivity index (χ4v) is 4.23. The molecule has 2 saturated heterocycles. The lowest BCUT2D eigenvalue weighted by molar-refractivity contribution is 0.120. The smallest absolute Gasteiger partial charge is 0.407 e. The van der Waals surface area contributed by atoms with Gasteiger partial charge in [-0.15, -0.1) is 0 Å². The van der Waals surface area contributed by atoms with Gasteiger partial charge < -0.3 is 14.9 Å². The maximum atomic E-state index is 13.5. The lowest BCUT2D eigenvalue weighted by Crippen LogP contribution is -2.39. The number of hydrogen-bond acceptors (Lipinski definition) is 2. The van der Waals surface area contributed by atoms with Crippen LogP contribution in [0.4, 0.5) is 9.18 Å². The Morgan fingerprint density at radius 2 is 1.96 bits per heavy atom. The van der Waals surface area contributed by atoms with Crippen LogP contribution in [-0.2, 0) is 0 Å². The summed E-state index contributed by atoms with van der Waals surface area (Å²) < 4.78 is 13.5. The molecule has 0 aliphatic carbocycles. The number of carbonyl (C=O) groups is 1. The Morgan fingerprint density at radius 1 is 1.25 bits per heavy atom. The van der Waals surface area contributed by atoms with Gasteiger partial charge >= 0.3 is 6.09 Å². The predicted octanol–water partition coefficient (Wildman–Crippen LogP) is 3.91. The standard InChI is InChI=1S/C19H27FN2O2/c1-13-5-8-21(9-6-13)12-15-7-10-22(19(23)24)18(15)17-4-3-16(20)11-14(17)2/h3-4,11,13,15,18H,5-10,12H2,1-2H3,(H,23,24). The van der Waals surface area contributed by atoms with Crippen molar-refractivity contribution in [3.05, 3.63) is 35.1 Å². The fourth-order valence-electron chi connectivity index (χ4n) is 4.23.